The lowest BCUT2D eigenvalue weighted by Crippen LogP contribution is -2.47. The van der Waals surface area contributed by atoms with Crippen molar-refractivity contribution in [1.29, 1.82) is 5.26 Å². The number of carbonyl (C=O) groups is 1. The Kier molecular flexibility index (Phi) is 5.25. The minimum absolute atomic E-state index is 0.142. The van der Waals surface area contributed by atoms with Crippen LogP contribution < -0.4 is 5.32 Å². The summed E-state index contributed by atoms with van der Waals surface area (Å²) in [5, 5.41) is 13.2. The number of amides is 1. The molecule has 1 fully saturated rings. The summed E-state index contributed by atoms with van der Waals surface area (Å²) in [6, 6.07) is 3.83. The monoisotopic (exact) mass is 405 g/mol. The topological polar surface area (TPSA) is 85.4 Å². The van der Waals surface area contributed by atoms with Gasteiger partial charge in [-0.25, -0.2) is 4.98 Å². The highest BCUT2D eigenvalue weighted by Gasteiger charge is 2.25. The van der Waals surface area contributed by atoms with Gasteiger partial charge >= 0.3 is 0 Å². The van der Waals surface area contributed by atoms with E-state index in [0.717, 1.165) is 29.2 Å². The second kappa shape index (κ2) is 7.42. The molecule has 2 aromatic heterocycles. The molecule has 0 spiro atoms. The van der Waals surface area contributed by atoms with E-state index in [-0.39, 0.29) is 17.7 Å². The highest BCUT2D eigenvalue weighted by atomic mass is 79.9. The van der Waals surface area contributed by atoms with Crippen molar-refractivity contribution in [3.8, 4) is 6.07 Å². The maximum Gasteiger partial charge on any atom is 0.236 e. The Morgan fingerprint density at radius 3 is 3.12 bits per heavy atom. The van der Waals surface area contributed by atoms with Gasteiger partial charge in [0.25, 0.3) is 0 Å². The van der Waals surface area contributed by atoms with Crippen molar-refractivity contribution in [2.24, 2.45) is 0 Å². The zero-order valence-electron chi connectivity index (χ0n) is 14.3. The third-order valence-electron chi connectivity index (χ3n) is 4.19. The molecule has 8 heteroatoms. The van der Waals surface area contributed by atoms with Crippen LogP contribution in [0, 0.1) is 11.3 Å². The molecule has 1 aliphatic heterocycles. The molecule has 132 valence electrons. The summed E-state index contributed by atoms with van der Waals surface area (Å²) in [5.41, 5.74) is 0.570. The molecule has 3 rings (SSSR count). The second-order valence-corrected chi connectivity index (χ2v) is 7.28. The van der Waals surface area contributed by atoms with Crippen LogP contribution in [0.15, 0.2) is 21.2 Å². The summed E-state index contributed by atoms with van der Waals surface area (Å²) < 4.78 is 6.16. The molecule has 0 aromatic carbocycles. The zero-order valence-corrected chi connectivity index (χ0v) is 15.8. The average Bonchev–Trinajstić information content (AvgIpc) is 3.01. The Labute approximate surface area is 154 Å². The number of rotatable bonds is 4. The number of piperidine rings is 1. The number of halogens is 1. The van der Waals surface area contributed by atoms with Gasteiger partial charge in [-0.3, -0.25) is 4.79 Å². The number of fused-ring (bicyclic) bond motifs is 1. The van der Waals surface area contributed by atoms with Crippen LogP contribution in [0.4, 0.5) is 5.82 Å². The van der Waals surface area contributed by atoms with E-state index in [0.29, 0.717) is 24.5 Å². The highest BCUT2D eigenvalue weighted by Crippen LogP contribution is 2.32. The minimum atomic E-state index is 0.142. The van der Waals surface area contributed by atoms with E-state index in [2.05, 4.69) is 26.2 Å². The summed E-state index contributed by atoms with van der Waals surface area (Å²) in [6.07, 6.45) is 3.55. The van der Waals surface area contributed by atoms with Crippen molar-refractivity contribution in [2.75, 3.05) is 39.0 Å². The number of likely N-dealkylation sites (tertiary alicyclic amines) is 1. The lowest BCUT2D eigenvalue weighted by Gasteiger charge is -2.34. The van der Waals surface area contributed by atoms with Gasteiger partial charge in [-0.2, -0.15) is 5.26 Å². The standard InChI is InChI=1S/C17H20BrN5O2/c1-22(2)10-15(24)23-5-3-4-11(9-23)21-17-16(18)13-6-12(7-19)25-14(13)8-20-17/h6,8,11H,3-5,9-10H2,1-2H3,(H,20,21). The predicted molar refractivity (Wildman–Crippen MR) is 98.2 cm³/mol. The Morgan fingerprint density at radius 1 is 1.60 bits per heavy atom. The van der Waals surface area contributed by atoms with Crippen molar-refractivity contribution < 1.29 is 9.21 Å². The number of carbonyl (C=O) groups excluding carboxylic acids is 1. The van der Waals surface area contributed by atoms with Crippen molar-refractivity contribution in [3.63, 3.8) is 0 Å². The summed E-state index contributed by atoms with van der Waals surface area (Å²) >= 11 is 3.55. The number of nitriles is 1. The van der Waals surface area contributed by atoms with Crippen LogP contribution in [0.2, 0.25) is 0 Å². The SMILES string of the molecule is CN(C)CC(=O)N1CCCC(Nc2ncc3oc(C#N)cc3c2Br)C1. The quantitative estimate of drug-likeness (QED) is 0.840. The van der Waals surface area contributed by atoms with Crippen molar-refractivity contribution in [3.05, 3.63) is 22.5 Å². The molecule has 1 saturated heterocycles. The zero-order chi connectivity index (χ0) is 18.0. The Hall–Kier alpha value is -2.11. The molecule has 1 aliphatic rings. The van der Waals surface area contributed by atoms with Gasteiger partial charge in [-0.05, 0) is 42.9 Å². The fraction of sp³-hybridized carbons (Fsp3) is 0.471. The van der Waals surface area contributed by atoms with E-state index in [1.807, 2.05) is 30.0 Å². The Morgan fingerprint density at radius 2 is 2.40 bits per heavy atom. The van der Waals surface area contributed by atoms with Gasteiger partial charge in [0.1, 0.15) is 11.9 Å². The van der Waals surface area contributed by atoms with E-state index in [1.165, 1.54) is 0 Å². The molecule has 1 unspecified atom stereocenters. The fourth-order valence-electron chi connectivity index (χ4n) is 3.02. The molecule has 1 N–H and O–H groups in total. The number of nitrogens with one attached hydrogen (secondary N) is 1. The van der Waals surface area contributed by atoms with Crippen molar-refractivity contribution in [1.82, 2.24) is 14.8 Å². The first kappa shape index (κ1) is 17.7. The molecule has 2 aromatic rings. The molecule has 1 amide bonds. The summed E-state index contributed by atoms with van der Waals surface area (Å²) in [5.74, 6) is 1.10. The molecular formula is C17H20BrN5O2. The molecule has 0 bridgehead atoms. The molecule has 0 saturated carbocycles. The molecule has 25 heavy (non-hydrogen) atoms. The first-order valence-corrected chi connectivity index (χ1v) is 8.94. The number of furan rings is 1. The van der Waals surface area contributed by atoms with E-state index >= 15 is 0 Å². The largest absolute Gasteiger partial charge is 0.444 e. The van der Waals surface area contributed by atoms with Gasteiger partial charge in [0.15, 0.2) is 5.58 Å². The van der Waals surface area contributed by atoms with Crippen LogP contribution in [0.5, 0.6) is 0 Å². The fourth-order valence-corrected chi connectivity index (χ4v) is 3.55. The third-order valence-corrected chi connectivity index (χ3v) is 5.00. The predicted octanol–water partition coefficient (Wildman–Crippen LogP) is 2.43. The van der Waals surface area contributed by atoms with Crippen LogP contribution in [-0.4, -0.2) is 60.5 Å². The van der Waals surface area contributed by atoms with Crippen LogP contribution in [0.1, 0.15) is 18.6 Å². The first-order chi connectivity index (χ1) is 12.0. The van der Waals surface area contributed by atoms with Gasteiger partial charge in [0.05, 0.1) is 17.2 Å². The second-order valence-electron chi connectivity index (χ2n) is 6.48. The van der Waals surface area contributed by atoms with E-state index in [9.17, 15) is 4.79 Å². The Balaban J connectivity index is 1.73. The number of aromatic nitrogens is 1. The van der Waals surface area contributed by atoms with Gasteiger partial charge < -0.3 is 19.5 Å². The van der Waals surface area contributed by atoms with Gasteiger partial charge in [-0.1, -0.05) is 0 Å². The molecule has 0 aliphatic carbocycles. The van der Waals surface area contributed by atoms with Gasteiger partial charge in [-0.15, -0.1) is 0 Å². The highest BCUT2D eigenvalue weighted by molar-refractivity contribution is 9.10. The van der Waals surface area contributed by atoms with E-state index in [4.69, 9.17) is 9.68 Å². The maximum absolute atomic E-state index is 12.3. The number of likely N-dealkylation sites (N-methyl/N-ethyl adjacent to an activating group) is 1. The van der Waals surface area contributed by atoms with Crippen LogP contribution >= 0.6 is 15.9 Å². The summed E-state index contributed by atoms with van der Waals surface area (Å²) in [6.45, 7) is 1.88. The number of hydrogen-bond acceptors (Lipinski definition) is 6. The summed E-state index contributed by atoms with van der Waals surface area (Å²) in [7, 11) is 3.79. The lowest BCUT2D eigenvalue weighted by molar-refractivity contribution is -0.132. The molecular weight excluding hydrogens is 386 g/mol. The third kappa shape index (κ3) is 3.94. The molecule has 0 radical (unpaired) electrons. The Bertz CT molecular complexity index is 826. The van der Waals surface area contributed by atoms with Crippen LogP contribution in [0.3, 0.4) is 0 Å². The lowest BCUT2D eigenvalue weighted by atomic mass is 10.1. The van der Waals surface area contributed by atoms with E-state index < -0.39 is 0 Å². The molecule has 7 nitrogen and oxygen atoms in total. The smallest absolute Gasteiger partial charge is 0.236 e. The molecule has 3 heterocycles. The number of nitrogens with zero attached hydrogens (tertiary/aromatic N) is 4. The van der Waals surface area contributed by atoms with Crippen molar-refractivity contribution >= 4 is 38.6 Å². The van der Waals surface area contributed by atoms with Crippen molar-refractivity contribution in [2.45, 2.75) is 18.9 Å². The number of pyridine rings is 1. The van der Waals surface area contributed by atoms with Crippen LogP contribution in [-0.2, 0) is 4.79 Å². The average molecular weight is 406 g/mol. The molecule has 1 atom stereocenters. The van der Waals surface area contributed by atoms with Gasteiger partial charge in [0.2, 0.25) is 11.7 Å². The summed E-state index contributed by atoms with van der Waals surface area (Å²) in [4.78, 5) is 20.5. The van der Waals surface area contributed by atoms with Crippen LogP contribution in [0.25, 0.3) is 11.0 Å². The maximum atomic E-state index is 12.3. The van der Waals surface area contributed by atoms with Gasteiger partial charge in [0, 0.05) is 30.6 Å². The minimum Gasteiger partial charge on any atom is -0.444 e. The number of anilines is 1. The number of hydrogen-bond donors (Lipinski definition) is 1. The van der Waals surface area contributed by atoms with E-state index in [1.54, 1.807) is 12.3 Å². The normalized spacial score (nSPS) is 17.7. The first-order valence-electron chi connectivity index (χ1n) is 8.15.